The molecule has 0 aliphatic rings. The summed E-state index contributed by atoms with van der Waals surface area (Å²) in [6.07, 6.45) is 0. The Morgan fingerprint density at radius 2 is 0.964 bits per heavy atom. The van der Waals surface area contributed by atoms with Crippen molar-refractivity contribution in [3.8, 4) is 62.1 Å². The topological polar surface area (TPSA) is 56.7 Å². The van der Waals surface area contributed by atoms with E-state index in [1.54, 1.807) is 0 Å². The Balaban J connectivity index is 1.17. The lowest BCUT2D eigenvalue weighted by atomic mass is 10.0. The first-order valence-electron chi connectivity index (χ1n) is 20.9. The molecule has 56 heavy (non-hydrogen) atoms. The van der Waals surface area contributed by atoms with Crippen LogP contribution in [0.4, 0.5) is 0 Å². The highest BCUT2D eigenvalue weighted by atomic mass is 16.3. The fraction of sp³-hybridized carbons (Fsp3) is 0. The molecule has 11 rings (SSSR count). The Bertz CT molecular complexity index is 3450. The van der Waals surface area contributed by atoms with Gasteiger partial charge in [0.2, 0.25) is 0 Å². The zero-order valence-corrected chi connectivity index (χ0v) is 29.8. The maximum absolute atomic E-state index is 8.78. The molecular weight excluding hydrogens is 685 g/mol. The molecule has 0 radical (unpaired) electrons. The van der Waals surface area contributed by atoms with Crippen LogP contribution in [0.3, 0.4) is 0 Å². The van der Waals surface area contributed by atoms with Gasteiger partial charge in [0.1, 0.15) is 5.58 Å². The lowest BCUT2D eigenvalue weighted by molar-refractivity contribution is 0.666. The number of para-hydroxylation sites is 1. The molecule has 0 saturated heterocycles. The maximum Gasteiger partial charge on any atom is 0.164 e. The van der Waals surface area contributed by atoms with Crippen LogP contribution in [0, 0.1) is 0 Å². The van der Waals surface area contributed by atoms with E-state index in [2.05, 4.69) is 47.0 Å². The second-order valence-electron chi connectivity index (χ2n) is 13.7. The lowest BCUT2D eigenvalue weighted by Crippen LogP contribution is -2.00. The summed E-state index contributed by atoms with van der Waals surface area (Å²) in [7, 11) is 0. The number of benzene rings is 8. The summed E-state index contributed by atoms with van der Waals surface area (Å²) in [5.74, 6) is 1.65. The van der Waals surface area contributed by atoms with E-state index in [4.69, 9.17) is 26.2 Å². The van der Waals surface area contributed by atoms with Crippen molar-refractivity contribution in [1.29, 1.82) is 0 Å². The lowest BCUT2D eigenvalue weighted by Gasteiger charge is -2.12. The normalized spacial score (nSPS) is 12.8. The monoisotopic (exact) mass is 721 g/mol. The minimum atomic E-state index is -0.425. The SMILES string of the molecule is [2H]c1c([2H])c([2H])c(-c2ccc3c4ccccc4n(-c4cc(-c5ccccc5)cc5c4oc4cc(-c6nc(-c7ccccc7)nc(-c7ccccc7)n6)ccc45)c3c2)c([2H])c1[2H]. The third kappa shape index (κ3) is 5.37. The summed E-state index contributed by atoms with van der Waals surface area (Å²) in [6.45, 7) is 0. The van der Waals surface area contributed by atoms with Crippen LogP contribution in [0.5, 0.6) is 0 Å². The molecule has 0 amide bonds. The number of furan rings is 1. The summed E-state index contributed by atoms with van der Waals surface area (Å²) < 4.78 is 51.7. The van der Waals surface area contributed by atoms with E-state index in [9.17, 15) is 0 Å². The van der Waals surface area contributed by atoms with Gasteiger partial charge in [-0.25, -0.2) is 15.0 Å². The Morgan fingerprint density at radius 3 is 1.66 bits per heavy atom. The van der Waals surface area contributed by atoms with Gasteiger partial charge in [0.05, 0.1) is 23.6 Å². The predicted molar refractivity (Wildman–Crippen MR) is 229 cm³/mol. The highest BCUT2D eigenvalue weighted by Crippen LogP contribution is 2.42. The van der Waals surface area contributed by atoms with Crippen molar-refractivity contribution in [2.45, 2.75) is 0 Å². The fourth-order valence-electron chi connectivity index (χ4n) is 7.68. The highest BCUT2D eigenvalue weighted by Gasteiger charge is 2.21. The van der Waals surface area contributed by atoms with Crippen LogP contribution >= 0.6 is 0 Å². The van der Waals surface area contributed by atoms with Crippen LogP contribution < -0.4 is 0 Å². The molecule has 3 heterocycles. The zero-order chi connectivity index (χ0) is 41.4. The molecule has 0 fully saturated rings. The molecule has 11 aromatic rings. The molecule has 5 heteroatoms. The number of hydrogen-bond acceptors (Lipinski definition) is 4. The molecule has 0 saturated carbocycles. The van der Waals surface area contributed by atoms with E-state index in [1.807, 2.05) is 121 Å². The Hall–Kier alpha value is -7.63. The molecule has 0 aliphatic carbocycles. The largest absolute Gasteiger partial charge is 0.454 e. The van der Waals surface area contributed by atoms with Gasteiger partial charge in [0, 0.05) is 38.2 Å². The molecule has 0 aliphatic heterocycles. The minimum Gasteiger partial charge on any atom is -0.454 e. The van der Waals surface area contributed by atoms with Gasteiger partial charge in [0.15, 0.2) is 23.1 Å². The summed E-state index contributed by atoms with van der Waals surface area (Å²) in [4.78, 5) is 14.8. The van der Waals surface area contributed by atoms with Crippen LogP contribution in [0.15, 0.2) is 198 Å². The smallest absolute Gasteiger partial charge is 0.164 e. The number of hydrogen-bond donors (Lipinski definition) is 0. The molecule has 3 aromatic heterocycles. The third-order valence-electron chi connectivity index (χ3n) is 10.3. The molecule has 0 atom stereocenters. The van der Waals surface area contributed by atoms with Crippen molar-refractivity contribution >= 4 is 43.7 Å². The summed E-state index contributed by atoms with van der Waals surface area (Å²) in [5, 5.41) is 3.77. The first-order chi connectivity index (χ1) is 29.8. The molecule has 0 N–H and O–H groups in total. The van der Waals surface area contributed by atoms with Gasteiger partial charge in [-0.2, -0.15) is 0 Å². The number of aromatic nitrogens is 4. The highest BCUT2D eigenvalue weighted by molar-refractivity contribution is 6.14. The van der Waals surface area contributed by atoms with Gasteiger partial charge in [-0.15, -0.1) is 0 Å². The van der Waals surface area contributed by atoms with Crippen molar-refractivity contribution in [2.75, 3.05) is 0 Å². The van der Waals surface area contributed by atoms with Crippen LogP contribution in [-0.4, -0.2) is 19.5 Å². The van der Waals surface area contributed by atoms with E-state index in [0.29, 0.717) is 34.2 Å². The Labute approximate surface area is 329 Å². The van der Waals surface area contributed by atoms with Crippen LogP contribution in [0.25, 0.3) is 106 Å². The third-order valence-corrected chi connectivity index (χ3v) is 10.3. The quantitative estimate of drug-likeness (QED) is 0.172. The van der Waals surface area contributed by atoms with Crippen molar-refractivity contribution in [1.82, 2.24) is 19.5 Å². The fourth-order valence-corrected chi connectivity index (χ4v) is 7.68. The average molecular weight is 722 g/mol. The summed E-state index contributed by atoms with van der Waals surface area (Å²) in [6, 6.07) is 52.5. The molecule has 0 unspecified atom stereocenters. The van der Waals surface area contributed by atoms with E-state index in [0.717, 1.165) is 66.1 Å². The van der Waals surface area contributed by atoms with Crippen LogP contribution in [0.2, 0.25) is 0 Å². The number of nitrogens with zero attached hydrogens (tertiary/aromatic N) is 4. The number of fused-ring (bicyclic) bond motifs is 6. The van der Waals surface area contributed by atoms with Crippen molar-refractivity contribution in [2.24, 2.45) is 0 Å². The average Bonchev–Trinajstić information content (AvgIpc) is 3.86. The zero-order valence-electron chi connectivity index (χ0n) is 34.8. The molecule has 262 valence electrons. The van der Waals surface area contributed by atoms with Gasteiger partial charge in [-0.3, -0.25) is 0 Å². The first-order valence-corrected chi connectivity index (χ1v) is 18.4. The van der Waals surface area contributed by atoms with Crippen molar-refractivity contribution in [3.63, 3.8) is 0 Å². The van der Waals surface area contributed by atoms with Gasteiger partial charge >= 0.3 is 0 Å². The second-order valence-corrected chi connectivity index (χ2v) is 13.7. The van der Waals surface area contributed by atoms with Crippen LogP contribution in [-0.2, 0) is 0 Å². The van der Waals surface area contributed by atoms with Gasteiger partial charge in [0.25, 0.3) is 0 Å². The molecular formula is C51H32N4O. The number of rotatable bonds is 6. The van der Waals surface area contributed by atoms with Gasteiger partial charge in [-0.1, -0.05) is 158 Å². The maximum atomic E-state index is 8.78. The van der Waals surface area contributed by atoms with Gasteiger partial charge in [-0.05, 0) is 58.7 Å². The summed E-state index contributed by atoms with van der Waals surface area (Å²) in [5.41, 5.74) is 9.04. The minimum absolute atomic E-state index is 0.147. The van der Waals surface area contributed by atoms with E-state index in [-0.39, 0.29) is 29.7 Å². The van der Waals surface area contributed by atoms with Gasteiger partial charge < -0.3 is 8.98 Å². The predicted octanol–water partition coefficient (Wildman–Crippen LogP) is 13.2. The standard InChI is InChI=1S/C51H32N4O/c1-5-15-33(16-6-1)37-25-27-41-40-23-13-14-24-44(40)55(45(41)30-37)46-31-39(34-17-7-2-8-18-34)29-43-42-28-26-38(32-47(42)56-48(43)46)51-53-49(35-19-9-3-10-20-35)52-50(54-51)36-21-11-4-12-22-36/h1-32H/i1D,5D,6D,15D,16D. The van der Waals surface area contributed by atoms with Crippen molar-refractivity contribution < 1.29 is 11.3 Å². The summed E-state index contributed by atoms with van der Waals surface area (Å²) >= 11 is 0. The van der Waals surface area contributed by atoms with E-state index in [1.165, 1.54) is 0 Å². The first kappa shape index (κ1) is 27.0. The molecule has 8 aromatic carbocycles. The van der Waals surface area contributed by atoms with E-state index >= 15 is 0 Å². The molecule has 5 nitrogen and oxygen atoms in total. The van der Waals surface area contributed by atoms with E-state index < -0.39 is 6.04 Å². The molecule has 0 bridgehead atoms. The Morgan fingerprint density at radius 1 is 0.393 bits per heavy atom. The Kier molecular flexibility index (Phi) is 6.29. The van der Waals surface area contributed by atoms with Crippen molar-refractivity contribution in [3.05, 3.63) is 194 Å². The van der Waals surface area contributed by atoms with Crippen LogP contribution in [0.1, 0.15) is 6.85 Å². The molecule has 0 spiro atoms. The second kappa shape index (κ2) is 13.0.